The second-order valence-electron chi connectivity index (χ2n) is 9.36. The van der Waals surface area contributed by atoms with Crippen molar-refractivity contribution in [3.63, 3.8) is 0 Å². The molecule has 0 aromatic rings. The van der Waals surface area contributed by atoms with Gasteiger partial charge in [-0.25, -0.2) is 0 Å². The largest absolute Gasteiger partial charge is 0.390 e. The van der Waals surface area contributed by atoms with Gasteiger partial charge in [-0.05, 0) is 73.5 Å². The topological polar surface area (TPSA) is 38.7 Å². The van der Waals surface area contributed by atoms with E-state index in [9.17, 15) is 5.11 Å². The van der Waals surface area contributed by atoms with Crippen LogP contribution in [0.15, 0.2) is 11.6 Å². The zero-order valence-corrected chi connectivity index (χ0v) is 15.8. The fraction of sp³-hybridized carbons (Fsp3) is 0.905. The van der Waals surface area contributed by atoms with Crippen LogP contribution in [0.25, 0.3) is 0 Å². The molecule has 24 heavy (non-hydrogen) atoms. The lowest BCUT2D eigenvalue weighted by Gasteiger charge is -2.57. The highest BCUT2D eigenvalue weighted by Gasteiger charge is 2.61. The normalized spacial score (nSPS) is 53.8. The Morgan fingerprint density at radius 1 is 1.08 bits per heavy atom. The van der Waals surface area contributed by atoms with E-state index in [4.69, 9.17) is 9.47 Å². The molecule has 4 aliphatic rings. The van der Waals surface area contributed by atoms with E-state index in [-0.39, 0.29) is 17.6 Å². The van der Waals surface area contributed by atoms with Crippen molar-refractivity contribution in [1.82, 2.24) is 0 Å². The maximum atomic E-state index is 10.6. The number of aliphatic hydroxyl groups excluding tert-OH is 1. The summed E-state index contributed by atoms with van der Waals surface area (Å²) in [5.74, 6) is 2.09. The molecular weight excluding hydrogens is 300 g/mol. The Balaban J connectivity index is 1.64. The molecule has 0 aromatic carbocycles. The van der Waals surface area contributed by atoms with E-state index in [1.165, 1.54) is 32.1 Å². The Labute approximate surface area is 146 Å². The van der Waals surface area contributed by atoms with Gasteiger partial charge in [-0.3, -0.25) is 0 Å². The first kappa shape index (κ1) is 17.1. The van der Waals surface area contributed by atoms with Gasteiger partial charge in [0.1, 0.15) is 0 Å². The molecule has 4 rings (SSSR count). The number of aliphatic hydroxyl groups is 1. The number of ether oxygens (including phenoxy) is 2. The quantitative estimate of drug-likeness (QED) is 0.777. The van der Waals surface area contributed by atoms with Crippen LogP contribution >= 0.6 is 0 Å². The van der Waals surface area contributed by atoms with Gasteiger partial charge in [-0.1, -0.05) is 25.5 Å². The molecule has 0 bridgehead atoms. The van der Waals surface area contributed by atoms with Crippen molar-refractivity contribution in [1.29, 1.82) is 0 Å². The Kier molecular flexibility index (Phi) is 4.14. The fourth-order valence-electron chi connectivity index (χ4n) is 7.22. The van der Waals surface area contributed by atoms with Crippen LogP contribution in [0, 0.1) is 28.6 Å². The van der Waals surface area contributed by atoms with Crippen molar-refractivity contribution in [2.24, 2.45) is 28.6 Å². The SMILES string of the molecule is CO[C@@H]1CC[C@@]2(C)C(=CC[C@H]3[C@@H]4C[C@@H](O)[C@H](OC)[C@@]4(C)CC[C@@H]32)C1. The van der Waals surface area contributed by atoms with Gasteiger partial charge in [-0.2, -0.15) is 0 Å². The van der Waals surface area contributed by atoms with Gasteiger partial charge >= 0.3 is 0 Å². The van der Waals surface area contributed by atoms with E-state index in [0.29, 0.717) is 23.4 Å². The van der Waals surface area contributed by atoms with Crippen LogP contribution in [0.3, 0.4) is 0 Å². The highest BCUT2D eigenvalue weighted by Crippen LogP contribution is 2.65. The molecule has 0 unspecified atom stereocenters. The second-order valence-corrected chi connectivity index (χ2v) is 9.36. The van der Waals surface area contributed by atoms with Crippen LogP contribution in [-0.2, 0) is 9.47 Å². The Bertz CT molecular complexity index is 529. The summed E-state index contributed by atoms with van der Waals surface area (Å²) in [5.41, 5.74) is 2.17. The summed E-state index contributed by atoms with van der Waals surface area (Å²) in [6, 6.07) is 0. The summed E-state index contributed by atoms with van der Waals surface area (Å²) in [6.45, 7) is 4.89. The minimum absolute atomic E-state index is 0.0193. The highest BCUT2D eigenvalue weighted by atomic mass is 16.5. The number of methoxy groups -OCH3 is 2. The average molecular weight is 335 g/mol. The zero-order valence-electron chi connectivity index (χ0n) is 15.8. The molecule has 0 radical (unpaired) electrons. The standard InChI is InChI=1S/C21H34O3/c1-20-9-7-14(23-3)11-13(20)5-6-15-16(20)8-10-21(2)17(15)12-18(22)19(21)24-4/h5,14-19,22H,6-12H2,1-4H3/t14-,15-,16+,17+,18-,19+,20+,21+/m1/s1. The third-order valence-electron chi connectivity index (χ3n) is 8.58. The first-order valence-electron chi connectivity index (χ1n) is 9.87. The number of hydrogen-bond acceptors (Lipinski definition) is 3. The number of allylic oxidation sites excluding steroid dienone is 1. The molecule has 0 saturated heterocycles. The average Bonchev–Trinajstić information content (AvgIpc) is 2.83. The number of hydrogen-bond donors (Lipinski definition) is 1. The monoisotopic (exact) mass is 334 g/mol. The molecule has 3 nitrogen and oxygen atoms in total. The van der Waals surface area contributed by atoms with Gasteiger partial charge < -0.3 is 14.6 Å². The van der Waals surface area contributed by atoms with Crippen LogP contribution in [0.1, 0.15) is 58.8 Å². The highest BCUT2D eigenvalue weighted by molar-refractivity contribution is 5.25. The smallest absolute Gasteiger partial charge is 0.0886 e. The van der Waals surface area contributed by atoms with Crippen LogP contribution in [0.4, 0.5) is 0 Å². The fourth-order valence-corrected chi connectivity index (χ4v) is 7.22. The summed E-state index contributed by atoms with van der Waals surface area (Å²) in [6.07, 6.45) is 10.9. The molecule has 3 heteroatoms. The van der Waals surface area contributed by atoms with Crippen LogP contribution in [0.2, 0.25) is 0 Å². The molecule has 4 aliphatic carbocycles. The maximum absolute atomic E-state index is 10.6. The van der Waals surface area contributed by atoms with Gasteiger partial charge in [0.15, 0.2) is 0 Å². The summed E-state index contributed by atoms with van der Waals surface area (Å²) in [7, 11) is 3.64. The zero-order chi connectivity index (χ0) is 17.1. The van der Waals surface area contributed by atoms with E-state index in [1.54, 1.807) is 12.7 Å². The lowest BCUT2D eigenvalue weighted by Crippen LogP contribution is -2.51. The first-order valence-corrected chi connectivity index (χ1v) is 9.87. The van der Waals surface area contributed by atoms with Crippen molar-refractivity contribution >= 4 is 0 Å². The molecule has 0 spiro atoms. The minimum Gasteiger partial charge on any atom is -0.390 e. The van der Waals surface area contributed by atoms with Gasteiger partial charge in [0, 0.05) is 14.2 Å². The number of fused-ring (bicyclic) bond motifs is 5. The lowest BCUT2D eigenvalue weighted by molar-refractivity contribution is -0.0972. The molecule has 3 saturated carbocycles. The van der Waals surface area contributed by atoms with Crippen molar-refractivity contribution in [2.45, 2.75) is 77.1 Å². The summed E-state index contributed by atoms with van der Waals surface area (Å²) >= 11 is 0. The van der Waals surface area contributed by atoms with Crippen molar-refractivity contribution in [3.8, 4) is 0 Å². The lowest BCUT2D eigenvalue weighted by atomic mass is 9.48. The minimum atomic E-state index is -0.286. The molecule has 3 fully saturated rings. The molecule has 0 aliphatic heterocycles. The molecule has 0 heterocycles. The van der Waals surface area contributed by atoms with Crippen LogP contribution < -0.4 is 0 Å². The predicted molar refractivity (Wildman–Crippen MR) is 94.7 cm³/mol. The third kappa shape index (κ3) is 2.20. The first-order chi connectivity index (χ1) is 11.4. The van der Waals surface area contributed by atoms with Crippen molar-refractivity contribution in [2.75, 3.05) is 14.2 Å². The van der Waals surface area contributed by atoms with E-state index in [2.05, 4.69) is 19.9 Å². The molecule has 8 atom stereocenters. The second kappa shape index (κ2) is 5.82. The Morgan fingerprint density at radius 3 is 2.58 bits per heavy atom. The molecule has 1 N–H and O–H groups in total. The van der Waals surface area contributed by atoms with Gasteiger partial charge in [-0.15, -0.1) is 0 Å². The predicted octanol–water partition coefficient (Wildman–Crippen LogP) is 3.95. The molecule has 136 valence electrons. The van der Waals surface area contributed by atoms with Gasteiger partial charge in [0.05, 0.1) is 18.3 Å². The van der Waals surface area contributed by atoms with E-state index >= 15 is 0 Å². The van der Waals surface area contributed by atoms with Gasteiger partial charge in [0.25, 0.3) is 0 Å². The summed E-state index contributed by atoms with van der Waals surface area (Å²) in [5, 5.41) is 10.6. The molecule has 0 aromatic heterocycles. The van der Waals surface area contributed by atoms with E-state index < -0.39 is 0 Å². The Morgan fingerprint density at radius 2 is 1.88 bits per heavy atom. The van der Waals surface area contributed by atoms with E-state index in [0.717, 1.165) is 18.8 Å². The molecule has 0 amide bonds. The van der Waals surface area contributed by atoms with E-state index in [1.807, 2.05) is 7.11 Å². The number of rotatable bonds is 2. The summed E-state index contributed by atoms with van der Waals surface area (Å²) in [4.78, 5) is 0. The molecular formula is C21H34O3. The van der Waals surface area contributed by atoms with Crippen molar-refractivity contribution < 1.29 is 14.6 Å². The Hall–Kier alpha value is -0.380. The maximum Gasteiger partial charge on any atom is 0.0886 e. The van der Waals surface area contributed by atoms with Crippen LogP contribution in [0.5, 0.6) is 0 Å². The van der Waals surface area contributed by atoms with Crippen molar-refractivity contribution in [3.05, 3.63) is 11.6 Å². The summed E-state index contributed by atoms with van der Waals surface area (Å²) < 4.78 is 11.4. The third-order valence-corrected chi connectivity index (χ3v) is 8.58. The van der Waals surface area contributed by atoms with Crippen LogP contribution in [-0.4, -0.2) is 37.6 Å². The van der Waals surface area contributed by atoms with Gasteiger partial charge in [0.2, 0.25) is 0 Å².